The summed E-state index contributed by atoms with van der Waals surface area (Å²) in [5.74, 6) is -0.866. The van der Waals surface area contributed by atoms with Crippen molar-refractivity contribution in [3.05, 3.63) is 45.1 Å². The zero-order valence-corrected chi connectivity index (χ0v) is 16.7. The van der Waals surface area contributed by atoms with Crippen molar-refractivity contribution < 1.29 is 22.7 Å². The van der Waals surface area contributed by atoms with Gasteiger partial charge in [0.2, 0.25) is 10.0 Å². The fourth-order valence-electron chi connectivity index (χ4n) is 3.06. The molecule has 0 bridgehead atoms. The van der Waals surface area contributed by atoms with Crippen LogP contribution in [-0.4, -0.2) is 33.4 Å². The van der Waals surface area contributed by atoms with Crippen molar-refractivity contribution >= 4 is 38.9 Å². The van der Waals surface area contributed by atoms with E-state index in [0.717, 1.165) is 22.4 Å². The molecular formula is C18H20N2O5S2. The molecule has 0 unspecified atom stereocenters. The van der Waals surface area contributed by atoms with Crippen molar-refractivity contribution in [1.29, 1.82) is 0 Å². The molecule has 1 aromatic heterocycles. The minimum atomic E-state index is -3.79. The molecule has 0 radical (unpaired) electrons. The first kappa shape index (κ1) is 19.5. The molecule has 1 amide bonds. The third-order valence-corrected chi connectivity index (χ3v) is 6.72. The second-order valence-corrected chi connectivity index (χ2v) is 8.98. The van der Waals surface area contributed by atoms with Crippen LogP contribution in [0.5, 0.6) is 0 Å². The van der Waals surface area contributed by atoms with E-state index >= 15 is 0 Å². The van der Waals surface area contributed by atoms with Crippen LogP contribution in [0, 0.1) is 6.92 Å². The summed E-state index contributed by atoms with van der Waals surface area (Å²) in [5.41, 5.74) is 2.38. The number of amides is 1. The van der Waals surface area contributed by atoms with Crippen LogP contribution in [-0.2, 0) is 32.4 Å². The number of carbonyl (C=O) groups excluding carboxylic acids is 2. The van der Waals surface area contributed by atoms with Gasteiger partial charge in [0, 0.05) is 17.1 Å². The highest BCUT2D eigenvalue weighted by atomic mass is 32.2. The second kappa shape index (κ2) is 7.41. The Kier molecular flexibility index (Phi) is 5.36. The SMILES string of the molecule is CCc1sc(C(=O)OCC(=O)N2CCc3cc(S(N)(=O)=O)ccc32)cc1C. The Labute approximate surface area is 161 Å². The first-order valence-corrected chi connectivity index (χ1v) is 10.8. The Morgan fingerprint density at radius 3 is 2.67 bits per heavy atom. The van der Waals surface area contributed by atoms with Crippen LogP contribution in [0.1, 0.15) is 32.6 Å². The van der Waals surface area contributed by atoms with Gasteiger partial charge in [0.25, 0.3) is 5.91 Å². The van der Waals surface area contributed by atoms with Gasteiger partial charge < -0.3 is 9.64 Å². The smallest absolute Gasteiger partial charge is 0.348 e. The van der Waals surface area contributed by atoms with Crippen LogP contribution in [0.2, 0.25) is 0 Å². The molecule has 0 saturated carbocycles. The molecule has 144 valence electrons. The second-order valence-electron chi connectivity index (χ2n) is 6.28. The normalized spacial score (nSPS) is 13.5. The van der Waals surface area contributed by atoms with Crippen molar-refractivity contribution in [1.82, 2.24) is 0 Å². The number of hydrogen-bond donors (Lipinski definition) is 1. The molecule has 1 aliphatic heterocycles. The van der Waals surface area contributed by atoms with Crippen molar-refractivity contribution in [3.8, 4) is 0 Å². The maximum atomic E-state index is 12.5. The number of nitrogens with zero attached hydrogens (tertiary/aromatic N) is 1. The number of hydrogen-bond acceptors (Lipinski definition) is 6. The number of rotatable bonds is 5. The number of thiophene rings is 1. The molecule has 7 nitrogen and oxygen atoms in total. The molecule has 1 aromatic carbocycles. The lowest BCUT2D eigenvalue weighted by Crippen LogP contribution is -2.33. The molecular weight excluding hydrogens is 388 g/mol. The number of aryl methyl sites for hydroxylation is 2. The summed E-state index contributed by atoms with van der Waals surface area (Å²) in [5, 5.41) is 5.14. The van der Waals surface area contributed by atoms with Gasteiger partial charge in [0.15, 0.2) is 6.61 Å². The lowest BCUT2D eigenvalue weighted by Gasteiger charge is -2.17. The Bertz CT molecular complexity index is 1010. The highest BCUT2D eigenvalue weighted by Gasteiger charge is 2.27. The first-order chi connectivity index (χ1) is 12.7. The predicted molar refractivity (Wildman–Crippen MR) is 103 cm³/mol. The maximum Gasteiger partial charge on any atom is 0.348 e. The third-order valence-electron chi connectivity index (χ3n) is 4.45. The minimum absolute atomic E-state index is 0.0155. The van der Waals surface area contributed by atoms with Crippen molar-refractivity contribution in [2.75, 3.05) is 18.1 Å². The standard InChI is InChI=1S/C18H20N2O5S2/c1-3-15-11(2)8-16(26-15)18(22)25-10-17(21)20-7-6-12-9-13(27(19,23)24)4-5-14(12)20/h4-5,8-9H,3,6-7,10H2,1-2H3,(H2,19,23,24). The average Bonchev–Trinajstić information content (AvgIpc) is 3.21. The van der Waals surface area contributed by atoms with Crippen LogP contribution in [0.4, 0.5) is 5.69 Å². The minimum Gasteiger partial charge on any atom is -0.451 e. The predicted octanol–water partition coefficient (Wildman–Crippen LogP) is 2.01. The molecule has 2 N–H and O–H groups in total. The van der Waals surface area contributed by atoms with E-state index in [-0.39, 0.29) is 17.4 Å². The lowest BCUT2D eigenvalue weighted by molar-refractivity contribution is -0.121. The van der Waals surface area contributed by atoms with Crippen LogP contribution in [0.15, 0.2) is 29.2 Å². The van der Waals surface area contributed by atoms with Gasteiger partial charge in [0.1, 0.15) is 4.88 Å². The van der Waals surface area contributed by atoms with Gasteiger partial charge in [0.05, 0.1) is 4.90 Å². The molecule has 3 rings (SSSR count). The van der Waals surface area contributed by atoms with Gasteiger partial charge in [-0.3, -0.25) is 4.79 Å². The fourth-order valence-corrected chi connectivity index (χ4v) is 4.63. The quantitative estimate of drug-likeness (QED) is 0.762. The zero-order chi connectivity index (χ0) is 19.8. The Morgan fingerprint density at radius 1 is 1.30 bits per heavy atom. The van der Waals surface area contributed by atoms with E-state index < -0.39 is 16.0 Å². The van der Waals surface area contributed by atoms with Crippen LogP contribution in [0.3, 0.4) is 0 Å². The van der Waals surface area contributed by atoms with Crippen molar-refractivity contribution in [2.45, 2.75) is 31.6 Å². The van der Waals surface area contributed by atoms with Gasteiger partial charge in [-0.25, -0.2) is 18.4 Å². The topological polar surface area (TPSA) is 107 Å². The molecule has 27 heavy (non-hydrogen) atoms. The van der Waals surface area contributed by atoms with Crippen LogP contribution in [0.25, 0.3) is 0 Å². The zero-order valence-electron chi connectivity index (χ0n) is 15.0. The molecule has 0 fully saturated rings. The monoisotopic (exact) mass is 408 g/mol. The molecule has 0 aliphatic carbocycles. The van der Waals surface area contributed by atoms with Gasteiger partial charge in [-0.15, -0.1) is 11.3 Å². The van der Waals surface area contributed by atoms with E-state index in [9.17, 15) is 18.0 Å². The summed E-state index contributed by atoms with van der Waals surface area (Å²) in [6, 6.07) is 6.17. The van der Waals surface area contributed by atoms with E-state index in [1.165, 1.54) is 28.4 Å². The number of sulfonamides is 1. The molecule has 2 heterocycles. The first-order valence-electron chi connectivity index (χ1n) is 8.43. The van der Waals surface area contributed by atoms with E-state index in [2.05, 4.69) is 0 Å². The summed E-state index contributed by atoms with van der Waals surface area (Å²) in [6.07, 6.45) is 1.36. The number of nitrogens with two attached hydrogens (primary N) is 1. The highest BCUT2D eigenvalue weighted by Crippen LogP contribution is 2.30. The number of ether oxygens (including phenoxy) is 1. The number of benzene rings is 1. The number of esters is 1. The number of fused-ring (bicyclic) bond motifs is 1. The Morgan fingerprint density at radius 2 is 2.04 bits per heavy atom. The number of carbonyl (C=O) groups is 2. The van der Waals surface area contributed by atoms with E-state index in [4.69, 9.17) is 9.88 Å². The van der Waals surface area contributed by atoms with Crippen molar-refractivity contribution in [2.24, 2.45) is 5.14 Å². The summed E-state index contributed by atoms with van der Waals surface area (Å²) < 4.78 is 28.1. The average molecular weight is 409 g/mol. The molecule has 0 saturated heterocycles. The highest BCUT2D eigenvalue weighted by molar-refractivity contribution is 7.89. The third kappa shape index (κ3) is 4.05. The Hall–Kier alpha value is -2.23. The van der Waals surface area contributed by atoms with Crippen LogP contribution < -0.4 is 10.0 Å². The lowest BCUT2D eigenvalue weighted by atomic mass is 10.2. The fraction of sp³-hybridized carbons (Fsp3) is 0.333. The molecule has 1 aliphatic rings. The molecule has 9 heteroatoms. The summed E-state index contributed by atoms with van der Waals surface area (Å²) in [6.45, 7) is 3.99. The van der Waals surface area contributed by atoms with E-state index in [1.807, 2.05) is 13.8 Å². The van der Waals surface area contributed by atoms with E-state index in [0.29, 0.717) is 23.5 Å². The summed E-state index contributed by atoms with van der Waals surface area (Å²) in [7, 11) is -3.79. The van der Waals surface area contributed by atoms with Gasteiger partial charge >= 0.3 is 5.97 Å². The molecule has 0 atom stereocenters. The Balaban J connectivity index is 1.67. The van der Waals surface area contributed by atoms with Gasteiger partial charge in [-0.1, -0.05) is 6.92 Å². The summed E-state index contributed by atoms with van der Waals surface area (Å²) in [4.78, 5) is 27.8. The van der Waals surface area contributed by atoms with E-state index in [1.54, 1.807) is 12.1 Å². The number of primary sulfonamides is 1. The van der Waals surface area contributed by atoms with Gasteiger partial charge in [-0.05, 0) is 55.2 Å². The van der Waals surface area contributed by atoms with Gasteiger partial charge in [-0.2, -0.15) is 0 Å². The van der Waals surface area contributed by atoms with Crippen molar-refractivity contribution in [3.63, 3.8) is 0 Å². The largest absolute Gasteiger partial charge is 0.451 e. The molecule has 2 aromatic rings. The maximum absolute atomic E-state index is 12.5. The number of anilines is 1. The molecule has 0 spiro atoms. The van der Waals surface area contributed by atoms with Crippen LogP contribution >= 0.6 is 11.3 Å². The summed E-state index contributed by atoms with van der Waals surface area (Å²) >= 11 is 1.38.